The van der Waals surface area contributed by atoms with Gasteiger partial charge in [0.2, 0.25) is 0 Å². The maximum atomic E-state index is 12.1. The van der Waals surface area contributed by atoms with Crippen molar-refractivity contribution in [2.45, 2.75) is 32.3 Å². The molecular formula is C16H22N2O3. The molecule has 2 saturated heterocycles. The van der Waals surface area contributed by atoms with E-state index in [0.29, 0.717) is 18.1 Å². The molecule has 5 heteroatoms. The maximum Gasteiger partial charge on any atom is 0.339 e. The zero-order valence-electron chi connectivity index (χ0n) is 12.5. The lowest BCUT2D eigenvalue weighted by atomic mass is 10.0. The number of hydrogen-bond acceptors (Lipinski definition) is 5. The Bertz CT molecular complexity index is 477. The summed E-state index contributed by atoms with van der Waals surface area (Å²) in [6.07, 6.45) is 4.89. The molecule has 2 aliphatic heterocycles. The average molecular weight is 290 g/mol. The van der Waals surface area contributed by atoms with Crippen LogP contribution >= 0.6 is 0 Å². The molecule has 2 atom stereocenters. The first-order chi connectivity index (χ1) is 10.2. The minimum absolute atomic E-state index is 0.113. The molecule has 114 valence electrons. The first kappa shape index (κ1) is 14.3. The number of ether oxygens (including phenoxy) is 2. The zero-order chi connectivity index (χ0) is 14.7. The molecular weight excluding hydrogens is 268 g/mol. The van der Waals surface area contributed by atoms with Crippen molar-refractivity contribution in [3.63, 3.8) is 0 Å². The molecule has 0 N–H and O–H groups in total. The molecule has 0 aromatic carbocycles. The monoisotopic (exact) mass is 290 g/mol. The van der Waals surface area contributed by atoms with Gasteiger partial charge in [0.1, 0.15) is 11.9 Å². The van der Waals surface area contributed by atoms with Crippen LogP contribution in [-0.4, -0.2) is 43.4 Å². The Morgan fingerprint density at radius 2 is 2.24 bits per heavy atom. The molecule has 2 fully saturated rings. The van der Waals surface area contributed by atoms with Crippen molar-refractivity contribution in [3.05, 3.63) is 23.9 Å². The van der Waals surface area contributed by atoms with Crippen LogP contribution in [-0.2, 0) is 9.47 Å². The summed E-state index contributed by atoms with van der Waals surface area (Å²) in [4.78, 5) is 18.8. The van der Waals surface area contributed by atoms with Crippen LogP contribution in [0.4, 0.5) is 5.82 Å². The maximum absolute atomic E-state index is 12.1. The molecule has 2 aliphatic rings. The number of nitrogens with zero attached hydrogens (tertiary/aromatic N) is 2. The van der Waals surface area contributed by atoms with Crippen molar-refractivity contribution < 1.29 is 14.3 Å². The summed E-state index contributed by atoms with van der Waals surface area (Å²) in [5.41, 5.74) is 0.517. The van der Waals surface area contributed by atoms with Gasteiger partial charge in [0.25, 0.3) is 0 Å². The molecule has 1 aromatic rings. The minimum Gasteiger partial charge on any atom is -0.459 e. The van der Waals surface area contributed by atoms with Gasteiger partial charge >= 0.3 is 5.97 Å². The Balaban J connectivity index is 1.59. The molecule has 5 nitrogen and oxygen atoms in total. The fourth-order valence-electron chi connectivity index (χ4n) is 2.90. The van der Waals surface area contributed by atoms with E-state index in [2.05, 4.69) is 9.88 Å². The molecule has 0 unspecified atom stereocenters. The minimum atomic E-state index is -0.296. The van der Waals surface area contributed by atoms with Crippen LogP contribution in [0.5, 0.6) is 0 Å². The Morgan fingerprint density at radius 1 is 1.43 bits per heavy atom. The van der Waals surface area contributed by atoms with E-state index in [1.807, 2.05) is 13.0 Å². The van der Waals surface area contributed by atoms with Gasteiger partial charge < -0.3 is 14.4 Å². The van der Waals surface area contributed by atoms with Gasteiger partial charge in [0, 0.05) is 31.8 Å². The Hall–Kier alpha value is -1.62. The summed E-state index contributed by atoms with van der Waals surface area (Å²) in [7, 11) is 0. The standard InChI is InChI=1S/C16H22N2O3/c1-12(14-6-9-20-11-14)21-16(19)13-4-5-15(17-10-13)18-7-2-3-8-18/h4-5,10,12,14H,2-3,6-9,11H2,1H3/t12-,14-/m1/s1. The summed E-state index contributed by atoms with van der Waals surface area (Å²) in [5.74, 6) is 0.960. The number of carbonyl (C=O) groups excluding carboxylic acids is 1. The van der Waals surface area contributed by atoms with Crippen LogP contribution in [0.2, 0.25) is 0 Å². The molecule has 3 heterocycles. The lowest BCUT2D eigenvalue weighted by molar-refractivity contribution is 0.0179. The number of esters is 1. The van der Waals surface area contributed by atoms with Gasteiger partial charge in [0.05, 0.1) is 12.2 Å². The summed E-state index contributed by atoms with van der Waals surface area (Å²) in [5, 5.41) is 0. The number of hydrogen-bond donors (Lipinski definition) is 0. The first-order valence-electron chi connectivity index (χ1n) is 7.74. The van der Waals surface area contributed by atoms with Crippen molar-refractivity contribution in [2.75, 3.05) is 31.2 Å². The molecule has 0 spiro atoms. The predicted octanol–water partition coefficient (Wildman–Crippen LogP) is 2.26. The average Bonchev–Trinajstić information content (AvgIpc) is 3.20. The highest BCUT2D eigenvalue weighted by molar-refractivity contribution is 5.89. The third-order valence-electron chi connectivity index (χ3n) is 4.34. The summed E-state index contributed by atoms with van der Waals surface area (Å²) >= 11 is 0. The Labute approximate surface area is 125 Å². The second-order valence-corrected chi connectivity index (χ2v) is 5.83. The second kappa shape index (κ2) is 6.43. The van der Waals surface area contributed by atoms with Crippen LogP contribution in [0.3, 0.4) is 0 Å². The number of aromatic nitrogens is 1. The van der Waals surface area contributed by atoms with E-state index in [0.717, 1.165) is 31.9 Å². The molecule has 21 heavy (non-hydrogen) atoms. The zero-order valence-corrected chi connectivity index (χ0v) is 12.5. The fraction of sp³-hybridized carbons (Fsp3) is 0.625. The van der Waals surface area contributed by atoms with E-state index in [1.54, 1.807) is 12.3 Å². The Morgan fingerprint density at radius 3 is 2.86 bits per heavy atom. The lowest BCUT2D eigenvalue weighted by Gasteiger charge is -2.19. The van der Waals surface area contributed by atoms with E-state index in [1.165, 1.54) is 12.8 Å². The normalized spacial score (nSPS) is 23.3. The van der Waals surface area contributed by atoms with Crippen molar-refractivity contribution in [1.29, 1.82) is 0 Å². The van der Waals surface area contributed by atoms with E-state index in [9.17, 15) is 4.79 Å². The summed E-state index contributed by atoms with van der Waals surface area (Å²) < 4.78 is 10.8. The van der Waals surface area contributed by atoms with Gasteiger partial charge in [-0.15, -0.1) is 0 Å². The highest BCUT2D eigenvalue weighted by Crippen LogP contribution is 2.21. The number of carbonyl (C=O) groups is 1. The molecule has 1 aromatic heterocycles. The third-order valence-corrected chi connectivity index (χ3v) is 4.34. The van der Waals surface area contributed by atoms with Gasteiger partial charge in [-0.2, -0.15) is 0 Å². The largest absolute Gasteiger partial charge is 0.459 e. The van der Waals surface area contributed by atoms with Gasteiger partial charge in [-0.25, -0.2) is 9.78 Å². The molecule has 0 amide bonds. The predicted molar refractivity (Wildman–Crippen MR) is 79.5 cm³/mol. The van der Waals surface area contributed by atoms with Gasteiger partial charge in [0.15, 0.2) is 0 Å². The van der Waals surface area contributed by atoms with Crippen molar-refractivity contribution in [3.8, 4) is 0 Å². The van der Waals surface area contributed by atoms with Gasteiger partial charge in [-0.3, -0.25) is 0 Å². The highest BCUT2D eigenvalue weighted by Gasteiger charge is 2.25. The van der Waals surface area contributed by atoms with Crippen LogP contribution in [0.25, 0.3) is 0 Å². The van der Waals surface area contributed by atoms with E-state index in [-0.39, 0.29) is 12.1 Å². The van der Waals surface area contributed by atoms with Crippen molar-refractivity contribution in [2.24, 2.45) is 5.92 Å². The third kappa shape index (κ3) is 3.35. The molecule has 0 aliphatic carbocycles. The smallest absolute Gasteiger partial charge is 0.339 e. The van der Waals surface area contributed by atoms with Gasteiger partial charge in [-0.05, 0) is 38.3 Å². The van der Waals surface area contributed by atoms with Crippen molar-refractivity contribution >= 4 is 11.8 Å². The molecule has 3 rings (SSSR count). The lowest BCUT2D eigenvalue weighted by Crippen LogP contribution is -2.24. The highest BCUT2D eigenvalue weighted by atomic mass is 16.5. The quantitative estimate of drug-likeness (QED) is 0.796. The first-order valence-corrected chi connectivity index (χ1v) is 7.74. The number of anilines is 1. The molecule has 0 bridgehead atoms. The van der Waals surface area contributed by atoms with Crippen LogP contribution in [0.15, 0.2) is 18.3 Å². The summed E-state index contributed by atoms with van der Waals surface area (Å²) in [6.45, 7) is 5.48. The Kier molecular flexibility index (Phi) is 4.39. The topological polar surface area (TPSA) is 51.7 Å². The van der Waals surface area contributed by atoms with Gasteiger partial charge in [-0.1, -0.05) is 0 Å². The fourth-order valence-corrected chi connectivity index (χ4v) is 2.90. The second-order valence-electron chi connectivity index (χ2n) is 5.83. The van der Waals surface area contributed by atoms with Crippen LogP contribution in [0, 0.1) is 5.92 Å². The van der Waals surface area contributed by atoms with E-state index in [4.69, 9.17) is 9.47 Å². The molecule has 0 radical (unpaired) electrons. The van der Waals surface area contributed by atoms with E-state index >= 15 is 0 Å². The van der Waals surface area contributed by atoms with Crippen LogP contribution < -0.4 is 4.90 Å². The van der Waals surface area contributed by atoms with E-state index < -0.39 is 0 Å². The number of rotatable bonds is 4. The SMILES string of the molecule is C[C@@H](OC(=O)c1ccc(N2CCCC2)nc1)[C@@H]1CCOC1. The molecule has 0 saturated carbocycles. The number of pyridine rings is 1. The van der Waals surface area contributed by atoms with Crippen LogP contribution in [0.1, 0.15) is 36.5 Å². The van der Waals surface area contributed by atoms with Crippen molar-refractivity contribution in [1.82, 2.24) is 4.98 Å². The summed E-state index contributed by atoms with van der Waals surface area (Å²) in [6, 6.07) is 3.71.